The summed E-state index contributed by atoms with van der Waals surface area (Å²) < 4.78 is 30.4. The van der Waals surface area contributed by atoms with E-state index in [0.29, 0.717) is 32.6 Å². The van der Waals surface area contributed by atoms with E-state index < -0.39 is 0 Å². The molecule has 4 aromatic rings. The molecule has 0 aliphatic carbocycles. The van der Waals surface area contributed by atoms with Crippen LogP contribution in [0.2, 0.25) is 0 Å². The fraction of sp³-hybridized carbons (Fsp3) is 0.0909. The van der Waals surface area contributed by atoms with Crippen LogP contribution in [-0.4, -0.2) is 14.5 Å². The Morgan fingerprint density at radius 3 is 2.69 bits per heavy atom. The van der Waals surface area contributed by atoms with Crippen LogP contribution in [0, 0.1) is 36.8 Å². The highest BCUT2D eigenvalue weighted by atomic mass is 79.9. The molecule has 0 aliphatic heterocycles. The van der Waals surface area contributed by atoms with Crippen molar-refractivity contribution in [1.29, 1.82) is 5.26 Å². The van der Waals surface area contributed by atoms with E-state index in [1.54, 1.807) is 28.8 Å². The van der Waals surface area contributed by atoms with E-state index in [1.165, 1.54) is 18.2 Å². The Morgan fingerprint density at radius 1 is 1.17 bits per heavy atom. The van der Waals surface area contributed by atoms with Crippen LogP contribution >= 0.6 is 15.9 Å². The molecule has 0 spiro atoms. The third-order valence-corrected chi connectivity index (χ3v) is 5.23. The summed E-state index contributed by atoms with van der Waals surface area (Å²) in [5.41, 5.74) is 4.22. The Balaban J connectivity index is 1.81. The fourth-order valence-corrected chi connectivity index (χ4v) is 3.72. The Hall–Kier alpha value is -3.24. The molecule has 4 nitrogen and oxygen atoms in total. The summed E-state index contributed by atoms with van der Waals surface area (Å²) in [5.74, 6) is -0.375. The van der Waals surface area contributed by atoms with Gasteiger partial charge in [0.05, 0.1) is 22.3 Å². The van der Waals surface area contributed by atoms with Gasteiger partial charge in [-0.25, -0.2) is 13.8 Å². The second kappa shape index (κ2) is 7.30. The maximum Gasteiger partial charge on any atom is 0.149 e. The number of H-pyrrole nitrogens is 1. The molecule has 1 N–H and O–H groups in total. The summed E-state index contributed by atoms with van der Waals surface area (Å²) in [7, 11) is 0. The van der Waals surface area contributed by atoms with E-state index in [9.17, 15) is 14.0 Å². The number of hydrogen-bond acceptors (Lipinski definition) is 2. The number of nitrogens with one attached hydrogen (secondary N) is 1. The summed E-state index contributed by atoms with van der Waals surface area (Å²) in [4.78, 5) is 7.36. The second-order valence-electron chi connectivity index (χ2n) is 6.67. The number of fused-ring (bicyclic) bond motifs is 1. The maximum absolute atomic E-state index is 14.5. The van der Waals surface area contributed by atoms with Crippen LogP contribution in [0.1, 0.15) is 22.8 Å². The highest BCUT2D eigenvalue weighted by Crippen LogP contribution is 2.28. The minimum atomic E-state index is -0.379. The second-order valence-corrected chi connectivity index (χ2v) is 7.59. The Morgan fingerprint density at radius 2 is 1.97 bits per heavy atom. The van der Waals surface area contributed by atoms with Crippen molar-refractivity contribution < 1.29 is 8.78 Å². The van der Waals surface area contributed by atoms with Gasteiger partial charge < -0.3 is 9.55 Å². The monoisotopic (exact) mass is 452 g/mol. The molecule has 0 amide bonds. The molecule has 0 fully saturated rings. The number of imidazole rings is 1. The number of aromatic amines is 1. The molecule has 4 rings (SSSR count). The van der Waals surface area contributed by atoms with Crippen molar-refractivity contribution in [2.24, 2.45) is 0 Å². The first-order valence-corrected chi connectivity index (χ1v) is 9.58. The van der Waals surface area contributed by atoms with Gasteiger partial charge in [-0.3, -0.25) is 0 Å². The van der Waals surface area contributed by atoms with Gasteiger partial charge in [0.1, 0.15) is 23.5 Å². The van der Waals surface area contributed by atoms with Crippen molar-refractivity contribution in [2.45, 2.75) is 13.8 Å². The van der Waals surface area contributed by atoms with Crippen molar-refractivity contribution in [3.63, 3.8) is 0 Å². The topological polar surface area (TPSA) is 57.4 Å². The zero-order valence-corrected chi connectivity index (χ0v) is 17.2. The molecule has 0 bridgehead atoms. The number of aryl methyl sites for hydroxylation is 1. The highest BCUT2D eigenvalue weighted by molar-refractivity contribution is 9.10. The summed E-state index contributed by atoms with van der Waals surface area (Å²) in [6.07, 6.45) is 1.70. The van der Waals surface area contributed by atoms with Gasteiger partial charge in [-0.15, -0.1) is 0 Å². The summed E-state index contributed by atoms with van der Waals surface area (Å²) in [6.45, 7) is 3.74. The van der Waals surface area contributed by atoms with E-state index in [-0.39, 0.29) is 11.6 Å². The molecule has 0 atom stereocenters. The van der Waals surface area contributed by atoms with Crippen molar-refractivity contribution in [3.8, 4) is 11.8 Å². The fourth-order valence-electron chi connectivity index (χ4n) is 3.39. The minimum Gasteiger partial charge on any atom is -0.337 e. The number of allylic oxidation sites excluding steroid dienone is 1. The third-order valence-electron chi connectivity index (χ3n) is 4.74. The number of hydrogen-bond donors (Lipinski definition) is 1. The molecular formula is C22H15BrF2N4. The zero-order chi connectivity index (χ0) is 20.7. The molecule has 0 saturated carbocycles. The lowest BCUT2D eigenvalue weighted by molar-refractivity contribution is 0.615. The molecule has 0 unspecified atom stereocenters. The standard InChI is InChI=1S/C22H15BrF2N4/c1-12-7-14(13(2)29(12)21-6-3-16(23)9-18(21)25)8-15(11-26)22-27-19-5-4-17(24)10-20(19)28-22/h3-10H,1-2H3,(H,27,28)/b15-8-. The number of rotatable bonds is 3. The van der Waals surface area contributed by atoms with Crippen LogP contribution < -0.4 is 0 Å². The molecule has 2 aromatic carbocycles. The van der Waals surface area contributed by atoms with Crippen LogP contribution in [0.25, 0.3) is 28.4 Å². The maximum atomic E-state index is 14.5. The Bertz CT molecular complexity index is 1320. The average molecular weight is 453 g/mol. The van der Waals surface area contributed by atoms with Gasteiger partial charge in [0.2, 0.25) is 0 Å². The van der Waals surface area contributed by atoms with Crippen LogP contribution in [0.4, 0.5) is 8.78 Å². The molecule has 7 heteroatoms. The van der Waals surface area contributed by atoms with Crippen LogP contribution in [0.15, 0.2) is 46.9 Å². The minimum absolute atomic E-state index is 0.304. The third kappa shape index (κ3) is 3.47. The number of benzene rings is 2. The summed E-state index contributed by atoms with van der Waals surface area (Å²) >= 11 is 3.27. The predicted molar refractivity (Wildman–Crippen MR) is 112 cm³/mol. The molecule has 0 saturated heterocycles. The first-order valence-electron chi connectivity index (χ1n) is 8.79. The van der Waals surface area contributed by atoms with Gasteiger partial charge in [0.25, 0.3) is 0 Å². The summed E-state index contributed by atoms with van der Waals surface area (Å²) in [5, 5.41) is 9.65. The lowest BCUT2D eigenvalue weighted by atomic mass is 10.1. The largest absolute Gasteiger partial charge is 0.337 e. The van der Waals surface area contributed by atoms with Gasteiger partial charge in [-0.05, 0) is 68.0 Å². The van der Waals surface area contributed by atoms with E-state index in [0.717, 1.165) is 17.0 Å². The number of nitrogens with zero attached hydrogens (tertiary/aromatic N) is 3. The summed E-state index contributed by atoms with van der Waals surface area (Å²) in [6, 6.07) is 13.1. The van der Waals surface area contributed by atoms with Gasteiger partial charge in [-0.2, -0.15) is 5.26 Å². The van der Waals surface area contributed by atoms with E-state index in [2.05, 4.69) is 32.0 Å². The lowest BCUT2D eigenvalue weighted by Crippen LogP contribution is -2.02. The van der Waals surface area contributed by atoms with Crippen molar-refractivity contribution in [3.05, 3.63) is 81.3 Å². The number of halogens is 3. The predicted octanol–water partition coefficient (Wildman–Crippen LogP) is 6.08. The SMILES string of the molecule is Cc1cc(/C=C(/C#N)c2nc3ccc(F)cc3[nH]2)c(C)n1-c1ccc(Br)cc1F. The number of nitriles is 1. The Labute approximate surface area is 174 Å². The van der Waals surface area contributed by atoms with Crippen LogP contribution in [0.3, 0.4) is 0 Å². The molecule has 144 valence electrons. The van der Waals surface area contributed by atoms with Crippen molar-refractivity contribution in [1.82, 2.24) is 14.5 Å². The van der Waals surface area contributed by atoms with Gasteiger partial charge >= 0.3 is 0 Å². The van der Waals surface area contributed by atoms with Crippen LogP contribution in [-0.2, 0) is 0 Å². The first-order chi connectivity index (χ1) is 13.9. The van der Waals surface area contributed by atoms with Crippen molar-refractivity contribution in [2.75, 3.05) is 0 Å². The molecule has 0 aliphatic rings. The molecule has 2 heterocycles. The first kappa shape index (κ1) is 19.1. The van der Waals surface area contributed by atoms with Gasteiger partial charge in [-0.1, -0.05) is 15.9 Å². The average Bonchev–Trinajstić information content (AvgIpc) is 3.20. The molecule has 29 heavy (non-hydrogen) atoms. The Kier molecular flexibility index (Phi) is 4.81. The zero-order valence-electron chi connectivity index (χ0n) is 15.6. The smallest absolute Gasteiger partial charge is 0.149 e. The van der Waals surface area contributed by atoms with E-state index in [1.807, 2.05) is 19.9 Å². The highest BCUT2D eigenvalue weighted by Gasteiger charge is 2.15. The molecular weight excluding hydrogens is 438 g/mol. The normalized spacial score (nSPS) is 11.8. The van der Waals surface area contributed by atoms with E-state index in [4.69, 9.17) is 0 Å². The molecule has 2 aromatic heterocycles. The van der Waals surface area contributed by atoms with Crippen molar-refractivity contribution >= 4 is 38.6 Å². The number of aromatic nitrogens is 3. The lowest BCUT2D eigenvalue weighted by Gasteiger charge is -2.11. The quantitative estimate of drug-likeness (QED) is 0.383. The van der Waals surface area contributed by atoms with Crippen LogP contribution in [0.5, 0.6) is 0 Å². The van der Waals surface area contributed by atoms with Gasteiger partial charge in [0.15, 0.2) is 0 Å². The molecule has 0 radical (unpaired) electrons. The van der Waals surface area contributed by atoms with E-state index >= 15 is 0 Å². The van der Waals surface area contributed by atoms with Gasteiger partial charge in [0, 0.05) is 15.9 Å².